The third-order valence-corrected chi connectivity index (χ3v) is 2.71. The van der Waals surface area contributed by atoms with Crippen LogP contribution in [0.2, 0.25) is 5.02 Å². The molecule has 1 N–H and O–H groups in total. The number of hydrogen-bond acceptors (Lipinski definition) is 1. The van der Waals surface area contributed by atoms with Gasteiger partial charge in [-0.05, 0) is 24.6 Å². The molecule has 0 spiro atoms. The van der Waals surface area contributed by atoms with E-state index in [9.17, 15) is 4.79 Å². The van der Waals surface area contributed by atoms with Crippen LogP contribution < -0.4 is 5.69 Å². The summed E-state index contributed by atoms with van der Waals surface area (Å²) in [6, 6.07) is 5.44. The van der Waals surface area contributed by atoms with Crippen LogP contribution in [0.5, 0.6) is 0 Å². The van der Waals surface area contributed by atoms with Crippen LogP contribution in [-0.4, -0.2) is 9.55 Å². The van der Waals surface area contributed by atoms with Gasteiger partial charge >= 0.3 is 5.69 Å². The number of benzene rings is 1. The first-order valence-electron chi connectivity index (χ1n) is 5.10. The van der Waals surface area contributed by atoms with Crippen LogP contribution in [-0.2, 0) is 6.54 Å². The van der Waals surface area contributed by atoms with Crippen molar-refractivity contribution in [2.24, 2.45) is 0 Å². The van der Waals surface area contributed by atoms with Gasteiger partial charge in [-0.3, -0.25) is 4.57 Å². The molecule has 15 heavy (non-hydrogen) atoms. The van der Waals surface area contributed by atoms with Crippen LogP contribution in [0, 0.1) is 0 Å². The van der Waals surface area contributed by atoms with Gasteiger partial charge in [0.15, 0.2) is 0 Å². The van der Waals surface area contributed by atoms with Gasteiger partial charge in [-0.1, -0.05) is 24.9 Å². The van der Waals surface area contributed by atoms with Crippen molar-refractivity contribution in [3.8, 4) is 0 Å². The van der Waals surface area contributed by atoms with E-state index in [1.807, 2.05) is 12.1 Å². The molecule has 0 aliphatic heterocycles. The van der Waals surface area contributed by atoms with Crippen molar-refractivity contribution in [1.29, 1.82) is 0 Å². The van der Waals surface area contributed by atoms with Crippen molar-refractivity contribution in [3.63, 3.8) is 0 Å². The lowest BCUT2D eigenvalue weighted by Crippen LogP contribution is -2.16. The van der Waals surface area contributed by atoms with Crippen LogP contribution in [0.1, 0.15) is 19.8 Å². The molecule has 0 aliphatic carbocycles. The zero-order valence-corrected chi connectivity index (χ0v) is 9.34. The topological polar surface area (TPSA) is 37.8 Å². The molecule has 0 radical (unpaired) electrons. The quantitative estimate of drug-likeness (QED) is 0.856. The maximum atomic E-state index is 11.6. The number of hydrogen-bond donors (Lipinski definition) is 1. The van der Waals surface area contributed by atoms with Crippen LogP contribution in [0.4, 0.5) is 0 Å². The summed E-state index contributed by atoms with van der Waals surface area (Å²) in [5.41, 5.74) is 1.68. The number of rotatable bonds is 3. The Morgan fingerprint density at radius 1 is 1.47 bits per heavy atom. The normalized spacial score (nSPS) is 11.1. The van der Waals surface area contributed by atoms with E-state index in [1.165, 1.54) is 0 Å². The molecule has 4 heteroatoms. The third kappa shape index (κ3) is 1.92. The number of nitrogens with zero attached hydrogens (tertiary/aromatic N) is 1. The molecule has 0 saturated carbocycles. The highest BCUT2D eigenvalue weighted by atomic mass is 35.5. The van der Waals surface area contributed by atoms with Crippen molar-refractivity contribution in [3.05, 3.63) is 33.7 Å². The van der Waals surface area contributed by atoms with E-state index in [1.54, 1.807) is 10.6 Å². The maximum Gasteiger partial charge on any atom is 0.326 e. The second-order valence-corrected chi connectivity index (χ2v) is 4.03. The Bertz CT molecular complexity index is 527. The summed E-state index contributed by atoms with van der Waals surface area (Å²) >= 11 is 5.90. The van der Waals surface area contributed by atoms with Gasteiger partial charge in [0.2, 0.25) is 0 Å². The minimum Gasteiger partial charge on any atom is -0.306 e. The fourth-order valence-corrected chi connectivity index (χ4v) is 1.83. The molecule has 2 rings (SSSR count). The Kier molecular flexibility index (Phi) is 2.82. The van der Waals surface area contributed by atoms with E-state index in [0.29, 0.717) is 5.02 Å². The highest BCUT2D eigenvalue weighted by Crippen LogP contribution is 2.16. The van der Waals surface area contributed by atoms with Crippen LogP contribution >= 0.6 is 11.6 Å². The predicted octanol–water partition coefficient (Wildman–Crippen LogP) is 2.78. The molecular formula is C11H13ClN2O. The number of H-pyrrole nitrogens is 1. The Morgan fingerprint density at radius 3 is 3.00 bits per heavy atom. The first kappa shape index (κ1) is 10.3. The van der Waals surface area contributed by atoms with Gasteiger partial charge in [-0.2, -0.15) is 0 Å². The monoisotopic (exact) mass is 224 g/mol. The minimum atomic E-state index is -0.0549. The fourth-order valence-electron chi connectivity index (χ4n) is 1.66. The summed E-state index contributed by atoms with van der Waals surface area (Å²) < 4.78 is 1.74. The summed E-state index contributed by atoms with van der Waals surface area (Å²) in [4.78, 5) is 14.4. The SMILES string of the molecule is CCCCn1c(=O)[nH]c2ccc(Cl)cc21. The molecule has 0 aliphatic rings. The van der Waals surface area contributed by atoms with Gasteiger partial charge in [0.25, 0.3) is 0 Å². The largest absolute Gasteiger partial charge is 0.326 e. The van der Waals surface area contributed by atoms with Crippen molar-refractivity contribution in [2.75, 3.05) is 0 Å². The van der Waals surface area contributed by atoms with Gasteiger partial charge < -0.3 is 4.98 Å². The molecule has 2 aromatic rings. The van der Waals surface area contributed by atoms with Gasteiger partial charge in [0, 0.05) is 11.6 Å². The standard InChI is InChI=1S/C11H13ClN2O/c1-2-3-6-14-10-7-8(12)4-5-9(10)13-11(14)15/h4-5,7H,2-3,6H2,1H3,(H,13,15). The van der Waals surface area contributed by atoms with E-state index in [4.69, 9.17) is 11.6 Å². The van der Waals surface area contributed by atoms with Crippen molar-refractivity contribution in [1.82, 2.24) is 9.55 Å². The Hall–Kier alpha value is -1.22. The number of aromatic amines is 1. The summed E-state index contributed by atoms with van der Waals surface area (Å²) in [6.45, 7) is 2.85. The van der Waals surface area contributed by atoms with E-state index in [0.717, 1.165) is 30.4 Å². The number of aromatic nitrogens is 2. The first-order chi connectivity index (χ1) is 7.22. The maximum absolute atomic E-state index is 11.6. The second kappa shape index (κ2) is 4.11. The predicted molar refractivity (Wildman–Crippen MR) is 62.5 cm³/mol. The summed E-state index contributed by atoms with van der Waals surface area (Å²) in [6.07, 6.45) is 2.07. The van der Waals surface area contributed by atoms with Crippen LogP contribution in [0.3, 0.4) is 0 Å². The van der Waals surface area contributed by atoms with Crippen LogP contribution in [0.25, 0.3) is 11.0 Å². The molecule has 0 amide bonds. The zero-order chi connectivity index (χ0) is 10.8. The summed E-state index contributed by atoms with van der Waals surface area (Å²) in [7, 11) is 0. The molecular weight excluding hydrogens is 212 g/mol. The van der Waals surface area contributed by atoms with Crippen molar-refractivity contribution in [2.45, 2.75) is 26.3 Å². The molecule has 3 nitrogen and oxygen atoms in total. The highest BCUT2D eigenvalue weighted by Gasteiger charge is 2.05. The van der Waals surface area contributed by atoms with Crippen molar-refractivity contribution >= 4 is 22.6 Å². The average molecular weight is 225 g/mol. The van der Waals surface area contributed by atoms with Crippen LogP contribution in [0.15, 0.2) is 23.0 Å². The number of halogens is 1. The number of fused-ring (bicyclic) bond motifs is 1. The number of aryl methyl sites for hydroxylation is 1. The molecule has 1 aromatic carbocycles. The van der Waals surface area contributed by atoms with Gasteiger partial charge in [-0.25, -0.2) is 4.79 Å². The first-order valence-corrected chi connectivity index (χ1v) is 5.48. The number of unbranched alkanes of at least 4 members (excludes halogenated alkanes) is 1. The van der Waals surface area contributed by atoms with Gasteiger partial charge in [0.05, 0.1) is 11.0 Å². The molecule has 0 atom stereocenters. The lowest BCUT2D eigenvalue weighted by atomic mass is 10.3. The molecule has 1 aromatic heterocycles. The lowest BCUT2D eigenvalue weighted by Gasteiger charge is -2.01. The number of imidazole rings is 1. The summed E-state index contributed by atoms with van der Waals surface area (Å²) in [5.74, 6) is 0. The smallest absolute Gasteiger partial charge is 0.306 e. The molecule has 1 heterocycles. The molecule has 0 fully saturated rings. The summed E-state index contributed by atoms with van der Waals surface area (Å²) in [5, 5.41) is 0.659. The molecule has 80 valence electrons. The Balaban J connectivity index is 2.55. The molecule has 0 bridgehead atoms. The Labute approximate surface area is 92.7 Å². The zero-order valence-electron chi connectivity index (χ0n) is 8.59. The van der Waals surface area contributed by atoms with E-state index in [-0.39, 0.29) is 5.69 Å². The molecule has 0 unspecified atom stereocenters. The highest BCUT2D eigenvalue weighted by molar-refractivity contribution is 6.31. The second-order valence-electron chi connectivity index (χ2n) is 3.60. The molecule has 0 saturated heterocycles. The average Bonchev–Trinajstić information content (AvgIpc) is 2.51. The lowest BCUT2D eigenvalue weighted by molar-refractivity contribution is 0.629. The van der Waals surface area contributed by atoms with Gasteiger partial charge in [-0.15, -0.1) is 0 Å². The minimum absolute atomic E-state index is 0.0549. The fraction of sp³-hybridized carbons (Fsp3) is 0.364. The Morgan fingerprint density at radius 2 is 2.27 bits per heavy atom. The number of nitrogens with one attached hydrogen (secondary N) is 1. The van der Waals surface area contributed by atoms with Gasteiger partial charge in [0.1, 0.15) is 0 Å². The van der Waals surface area contributed by atoms with Crippen molar-refractivity contribution < 1.29 is 0 Å². The van der Waals surface area contributed by atoms with E-state index in [2.05, 4.69) is 11.9 Å². The van der Waals surface area contributed by atoms with E-state index >= 15 is 0 Å². The van der Waals surface area contributed by atoms with E-state index < -0.39 is 0 Å². The third-order valence-electron chi connectivity index (χ3n) is 2.47.